The smallest absolute Gasteiger partial charge is 0.407 e. The number of hydrogen-bond acceptors (Lipinski definition) is 5. The number of carbonyl (C=O) groups excluding carboxylic acids is 2. The van der Waals surface area contributed by atoms with Gasteiger partial charge in [-0.1, -0.05) is 23.9 Å². The van der Waals surface area contributed by atoms with Gasteiger partial charge in [-0.3, -0.25) is 4.79 Å². The van der Waals surface area contributed by atoms with E-state index in [1.165, 1.54) is 11.8 Å². The molecule has 0 spiro atoms. The van der Waals surface area contributed by atoms with Gasteiger partial charge in [-0.25, -0.2) is 4.79 Å². The van der Waals surface area contributed by atoms with Crippen LogP contribution in [0.3, 0.4) is 0 Å². The van der Waals surface area contributed by atoms with Gasteiger partial charge in [0.2, 0.25) is 0 Å². The molecule has 0 bridgehead atoms. The lowest BCUT2D eigenvalue weighted by Gasteiger charge is -2.19. The largest absolute Gasteiger partial charge is 0.492 e. The van der Waals surface area contributed by atoms with Crippen LogP contribution in [0.5, 0.6) is 5.75 Å². The average Bonchev–Trinajstić information content (AvgIpc) is 2.40. The Morgan fingerprint density at radius 2 is 1.82 bits per heavy atom. The summed E-state index contributed by atoms with van der Waals surface area (Å²) in [4.78, 5) is 22.3. The maximum atomic E-state index is 11.4. The van der Waals surface area contributed by atoms with Crippen molar-refractivity contribution in [2.45, 2.75) is 39.0 Å². The number of benzene rings is 1. The average molecular weight is 325 g/mol. The summed E-state index contributed by atoms with van der Waals surface area (Å²) in [5, 5.41) is 2.73. The molecule has 0 aliphatic carbocycles. The van der Waals surface area contributed by atoms with Crippen molar-refractivity contribution in [1.29, 1.82) is 0 Å². The third-order valence-electron chi connectivity index (χ3n) is 2.40. The summed E-state index contributed by atoms with van der Waals surface area (Å²) in [7, 11) is 0. The van der Waals surface area contributed by atoms with Crippen molar-refractivity contribution < 1.29 is 19.1 Å². The molecule has 1 aromatic rings. The molecule has 0 aliphatic heterocycles. The van der Waals surface area contributed by atoms with E-state index < -0.39 is 11.7 Å². The summed E-state index contributed by atoms with van der Waals surface area (Å²) in [5.74, 6) is 1.39. The summed E-state index contributed by atoms with van der Waals surface area (Å²) in [6.07, 6.45) is -0.451. The number of nitrogens with one attached hydrogen (secondary N) is 1. The first-order valence-corrected chi connectivity index (χ1v) is 8.07. The zero-order chi connectivity index (χ0) is 16.6. The van der Waals surface area contributed by atoms with Gasteiger partial charge >= 0.3 is 6.09 Å². The van der Waals surface area contributed by atoms with E-state index in [0.717, 1.165) is 11.3 Å². The molecule has 0 heterocycles. The molecule has 22 heavy (non-hydrogen) atoms. The first kappa shape index (κ1) is 18.4. The lowest BCUT2D eigenvalue weighted by molar-refractivity contribution is -0.109. The lowest BCUT2D eigenvalue weighted by Crippen LogP contribution is -2.34. The maximum absolute atomic E-state index is 11.4. The van der Waals surface area contributed by atoms with Gasteiger partial charge in [-0.15, -0.1) is 0 Å². The third kappa shape index (κ3) is 8.56. The van der Waals surface area contributed by atoms with Crippen LogP contribution in [0.15, 0.2) is 24.3 Å². The Bertz CT molecular complexity index is 494. The van der Waals surface area contributed by atoms with Crippen molar-refractivity contribution in [3.63, 3.8) is 0 Å². The molecule has 0 atom stereocenters. The van der Waals surface area contributed by atoms with Crippen molar-refractivity contribution in [2.24, 2.45) is 0 Å². The van der Waals surface area contributed by atoms with Crippen LogP contribution in [-0.4, -0.2) is 30.0 Å². The normalized spacial score (nSPS) is 10.9. The second-order valence-electron chi connectivity index (χ2n) is 5.70. The fraction of sp³-hybridized carbons (Fsp3) is 0.500. The van der Waals surface area contributed by atoms with E-state index in [1.807, 2.05) is 45.0 Å². The molecule has 1 aromatic carbocycles. The quantitative estimate of drug-likeness (QED) is 0.812. The van der Waals surface area contributed by atoms with Gasteiger partial charge in [-0.05, 0) is 38.5 Å². The maximum Gasteiger partial charge on any atom is 0.407 e. The molecule has 1 amide bonds. The van der Waals surface area contributed by atoms with E-state index in [4.69, 9.17) is 9.47 Å². The van der Waals surface area contributed by atoms with Gasteiger partial charge in [0.05, 0.1) is 6.54 Å². The molecule has 0 radical (unpaired) electrons. The van der Waals surface area contributed by atoms with Crippen LogP contribution in [0.2, 0.25) is 0 Å². The van der Waals surface area contributed by atoms with Gasteiger partial charge in [0.25, 0.3) is 0 Å². The van der Waals surface area contributed by atoms with E-state index in [2.05, 4.69) is 5.32 Å². The van der Waals surface area contributed by atoms with Crippen LogP contribution in [0, 0.1) is 0 Å². The molecule has 0 saturated heterocycles. The van der Waals surface area contributed by atoms with Crippen molar-refractivity contribution in [3.05, 3.63) is 29.8 Å². The minimum Gasteiger partial charge on any atom is -0.492 e. The summed E-state index contributed by atoms with van der Waals surface area (Å²) < 4.78 is 10.6. The molecule has 122 valence electrons. The summed E-state index contributed by atoms with van der Waals surface area (Å²) in [6.45, 7) is 7.73. The molecule has 5 nitrogen and oxygen atoms in total. The van der Waals surface area contributed by atoms with Crippen LogP contribution < -0.4 is 10.1 Å². The van der Waals surface area contributed by atoms with Crippen LogP contribution in [0.1, 0.15) is 33.3 Å². The summed E-state index contributed by atoms with van der Waals surface area (Å²) in [5.41, 5.74) is 0.568. The molecule has 0 aliphatic rings. The lowest BCUT2D eigenvalue weighted by atomic mass is 10.2. The Labute approximate surface area is 135 Å². The highest BCUT2D eigenvalue weighted by Crippen LogP contribution is 2.17. The Morgan fingerprint density at radius 3 is 2.36 bits per heavy atom. The number of amides is 1. The SMILES string of the molecule is CC(=O)SCc1ccc(OCCNC(=O)OC(C)(C)C)cc1. The Morgan fingerprint density at radius 1 is 1.18 bits per heavy atom. The number of thioether (sulfide) groups is 1. The fourth-order valence-corrected chi connectivity index (χ4v) is 2.07. The number of alkyl carbamates (subject to hydrolysis) is 1. The molecule has 6 heteroatoms. The highest BCUT2D eigenvalue weighted by atomic mass is 32.2. The third-order valence-corrected chi connectivity index (χ3v) is 3.29. The Kier molecular flexibility index (Phi) is 7.24. The van der Waals surface area contributed by atoms with E-state index in [0.29, 0.717) is 18.9 Å². The van der Waals surface area contributed by atoms with E-state index in [-0.39, 0.29) is 5.12 Å². The molecule has 0 unspecified atom stereocenters. The number of carbonyl (C=O) groups is 2. The standard InChI is InChI=1S/C16H23NO4S/c1-12(18)22-11-13-5-7-14(8-6-13)20-10-9-17-15(19)21-16(2,3)4/h5-8H,9-11H2,1-4H3,(H,17,19). The monoisotopic (exact) mass is 325 g/mol. The van der Waals surface area contributed by atoms with Crippen LogP contribution >= 0.6 is 11.8 Å². The van der Waals surface area contributed by atoms with E-state index in [1.54, 1.807) is 6.92 Å². The first-order chi connectivity index (χ1) is 10.3. The van der Waals surface area contributed by atoms with Crippen LogP contribution in [0.4, 0.5) is 4.79 Å². The Balaban J connectivity index is 2.25. The summed E-state index contributed by atoms with van der Waals surface area (Å²) >= 11 is 1.28. The highest BCUT2D eigenvalue weighted by Gasteiger charge is 2.15. The zero-order valence-corrected chi connectivity index (χ0v) is 14.3. The van der Waals surface area contributed by atoms with E-state index >= 15 is 0 Å². The number of rotatable bonds is 6. The molecular weight excluding hydrogens is 302 g/mol. The number of hydrogen-bond donors (Lipinski definition) is 1. The zero-order valence-electron chi connectivity index (χ0n) is 13.5. The highest BCUT2D eigenvalue weighted by molar-refractivity contribution is 8.12. The van der Waals surface area contributed by atoms with Crippen LogP contribution in [0.25, 0.3) is 0 Å². The molecule has 1 rings (SSSR count). The molecule has 1 N–H and O–H groups in total. The minimum absolute atomic E-state index is 0.105. The van der Waals surface area contributed by atoms with Crippen molar-refractivity contribution >= 4 is 23.0 Å². The van der Waals surface area contributed by atoms with Crippen LogP contribution in [-0.2, 0) is 15.3 Å². The Hall–Kier alpha value is -1.69. The minimum atomic E-state index is -0.501. The predicted molar refractivity (Wildman–Crippen MR) is 88.1 cm³/mol. The fourth-order valence-electron chi connectivity index (χ4n) is 1.50. The van der Waals surface area contributed by atoms with Crippen molar-refractivity contribution in [1.82, 2.24) is 5.32 Å². The topological polar surface area (TPSA) is 64.6 Å². The first-order valence-electron chi connectivity index (χ1n) is 7.08. The van der Waals surface area contributed by atoms with Crippen molar-refractivity contribution in [3.8, 4) is 5.75 Å². The molecule has 0 aromatic heterocycles. The van der Waals surface area contributed by atoms with Gasteiger partial charge in [0, 0.05) is 12.7 Å². The van der Waals surface area contributed by atoms with Gasteiger partial charge in [0.15, 0.2) is 5.12 Å². The van der Waals surface area contributed by atoms with Gasteiger partial charge in [0.1, 0.15) is 18.0 Å². The molecule has 0 fully saturated rings. The van der Waals surface area contributed by atoms with Gasteiger partial charge < -0.3 is 14.8 Å². The second-order valence-corrected chi connectivity index (χ2v) is 6.85. The predicted octanol–water partition coefficient (Wildman–Crippen LogP) is 3.37. The molecular formula is C16H23NO4S. The molecule has 0 saturated carbocycles. The summed E-state index contributed by atoms with van der Waals surface area (Å²) in [6, 6.07) is 7.55. The number of ether oxygens (including phenoxy) is 2. The van der Waals surface area contributed by atoms with Crippen molar-refractivity contribution in [2.75, 3.05) is 13.2 Å². The second kappa shape index (κ2) is 8.68. The van der Waals surface area contributed by atoms with Gasteiger partial charge in [-0.2, -0.15) is 0 Å². The van der Waals surface area contributed by atoms with E-state index in [9.17, 15) is 9.59 Å².